The summed E-state index contributed by atoms with van der Waals surface area (Å²) in [6.07, 6.45) is 1.13. The molecule has 0 bridgehead atoms. The number of ether oxygens (including phenoxy) is 2. The highest BCUT2D eigenvalue weighted by molar-refractivity contribution is 5.62. The lowest BCUT2D eigenvalue weighted by atomic mass is 10.1. The number of nitrogens with one attached hydrogen (secondary N) is 1. The quantitative estimate of drug-likeness (QED) is 0.904. The first kappa shape index (κ1) is 14.0. The van der Waals surface area contributed by atoms with Crippen LogP contribution in [0.25, 0.3) is 0 Å². The van der Waals surface area contributed by atoms with Crippen LogP contribution in [0.3, 0.4) is 0 Å². The van der Waals surface area contributed by atoms with E-state index in [0.717, 1.165) is 36.7 Å². The largest absolute Gasteiger partial charge is 0.497 e. The van der Waals surface area contributed by atoms with Crippen LogP contribution in [0.2, 0.25) is 0 Å². The van der Waals surface area contributed by atoms with Gasteiger partial charge in [0.05, 0.1) is 19.9 Å². The first-order chi connectivity index (χ1) is 9.19. The summed E-state index contributed by atoms with van der Waals surface area (Å²) in [5.74, 6) is 1.78. The van der Waals surface area contributed by atoms with E-state index >= 15 is 0 Å². The Hall–Kier alpha value is -1.42. The number of rotatable bonds is 4. The van der Waals surface area contributed by atoms with Gasteiger partial charge in [-0.1, -0.05) is 6.92 Å². The Kier molecular flexibility index (Phi) is 4.53. The summed E-state index contributed by atoms with van der Waals surface area (Å²) in [5.41, 5.74) is 1.12. The van der Waals surface area contributed by atoms with Gasteiger partial charge in [0, 0.05) is 31.2 Å². The Morgan fingerprint density at radius 3 is 2.74 bits per heavy atom. The second-order valence-corrected chi connectivity index (χ2v) is 5.05. The number of methoxy groups -OCH3 is 2. The third-order valence-corrected chi connectivity index (χ3v) is 3.84. The van der Waals surface area contributed by atoms with Gasteiger partial charge in [0.2, 0.25) is 0 Å². The number of hydrogen-bond acceptors (Lipinski definition) is 4. The highest BCUT2D eigenvalue weighted by atomic mass is 16.5. The Balaban J connectivity index is 2.31. The van der Waals surface area contributed by atoms with Crippen molar-refractivity contribution in [2.45, 2.75) is 32.4 Å². The maximum absolute atomic E-state index is 5.50. The number of piperazine rings is 1. The van der Waals surface area contributed by atoms with E-state index in [9.17, 15) is 0 Å². The van der Waals surface area contributed by atoms with Gasteiger partial charge in [0.25, 0.3) is 0 Å². The molecule has 2 atom stereocenters. The summed E-state index contributed by atoms with van der Waals surface area (Å²) >= 11 is 0. The van der Waals surface area contributed by atoms with Crippen LogP contribution in [0.1, 0.15) is 20.3 Å². The lowest BCUT2D eigenvalue weighted by Crippen LogP contribution is -2.55. The highest BCUT2D eigenvalue weighted by Crippen LogP contribution is 2.34. The van der Waals surface area contributed by atoms with Crippen molar-refractivity contribution in [2.75, 3.05) is 32.2 Å². The molecule has 1 fully saturated rings. The van der Waals surface area contributed by atoms with Crippen LogP contribution in [-0.2, 0) is 0 Å². The monoisotopic (exact) mass is 264 g/mol. The van der Waals surface area contributed by atoms with Gasteiger partial charge in [0.15, 0.2) is 0 Å². The Morgan fingerprint density at radius 2 is 2.11 bits per heavy atom. The molecule has 1 aliphatic heterocycles. The molecule has 0 aromatic heterocycles. The predicted octanol–water partition coefficient (Wildman–Crippen LogP) is 2.28. The summed E-state index contributed by atoms with van der Waals surface area (Å²) in [6, 6.07) is 6.96. The summed E-state index contributed by atoms with van der Waals surface area (Å²) < 4.78 is 10.8. The minimum Gasteiger partial charge on any atom is -0.497 e. The lowest BCUT2D eigenvalue weighted by molar-refractivity contribution is 0.379. The minimum absolute atomic E-state index is 0.448. The van der Waals surface area contributed by atoms with Crippen molar-refractivity contribution in [3.63, 3.8) is 0 Å². The molecule has 4 nitrogen and oxygen atoms in total. The van der Waals surface area contributed by atoms with E-state index in [1.54, 1.807) is 14.2 Å². The fourth-order valence-electron chi connectivity index (χ4n) is 2.56. The molecule has 1 aromatic carbocycles. The zero-order valence-corrected chi connectivity index (χ0v) is 12.3. The van der Waals surface area contributed by atoms with Crippen LogP contribution in [-0.4, -0.2) is 39.4 Å². The molecule has 19 heavy (non-hydrogen) atoms. The average Bonchev–Trinajstić information content (AvgIpc) is 2.47. The van der Waals surface area contributed by atoms with Crippen LogP contribution < -0.4 is 19.7 Å². The zero-order chi connectivity index (χ0) is 13.8. The van der Waals surface area contributed by atoms with Crippen molar-refractivity contribution in [1.29, 1.82) is 0 Å². The van der Waals surface area contributed by atoms with Gasteiger partial charge in [-0.15, -0.1) is 0 Å². The SMILES string of the molecule is CCC1CN(c2cc(OC)ccc2OC)C(C)CN1. The number of hydrogen-bond donors (Lipinski definition) is 1. The van der Waals surface area contributed by atoms with Gasteiger partial charge in [-0.05, 0) is 25.5 Å². The van der Waals surface area contributed by atoms with Crippen LogP contribution in [0, 0.1) is 0 Å². The fourth-order valence-corrected chi connectivity index (χ4v) is 2.56. The standard InChI is InChI=1S/C15H24N2O2/c1-5-12-10-17(11(2)9-16-12)14-8-13(18-3)6-7-15(14)19-4/h6-8,11-12,16H,5,9-10H2,1-4H3. The second kappa shape index (κ2) is 6.15. The number of anilines is 1. The van der Waals surface area contributed by atoms with Gasteiger partial charge in [-0.2, -0.15) is 0 Å². The van der Waals surface area contributed by atoms with E-state index in [1.807, 2.05) is 12.1 Å². The summed E-state index contributed by atoms with van der Waals surface area (Å²) in [7, 11) is 3.41. The van der Waals surface area contributed by atoms with E-state index in [1.165, 1.54) is 0 Å². The molecule has 1 saturated heterocycles. The van der Waals surface area contributed by atoms with Crippen molar-refractivity contribution in [3.05, 3.63) is 18.2 Å². The minimum atomic E-state index is 0.448. The third-order valence-electron chi connectivity index (χ3n) is 3.84. The van der Waals surface area contributed by atoms with Crippen molar-refractivity contribution >= 4 is 5.69 Å². The van der Waals surface area contributed by atoms with Crippen LogP contribution in [0.15, 0.2) is 18.2 Å². The molecule has 106 valence electrons. The van der Waals surface area contributed by atoms with Crippen molar-refractivity contribution in [2.24, 2.45) is 0 Å². The van der Waals surface area contributed by atoms with Crippen molar-refractivity contribution in [3.8, 4) is 11.5 Å². The van der Waals surface area contributed by atoms with Gasteiger partial charge < -0.3 is 19.7 Å². The van der Waals surface area contributed by atoms with Gasteiger partial charge in [-0.3, -0.25) is 0 Å². The Labute approximate surface area is 115 Å². The molecule has 0 radical (unpaired) electrons. The smallest absolute Gasteiger partial charge is 0.142 e. The van der Waals surface area contributed by atoms with Crippen LogP contribution in [0.5, 0.6) is 11.5 Å². The molecule has 0 spiro atoms. The van der Waals surface area contributed by atoms with Gasteiger partial charge >= 0.3 is 0 Å². The Bertz CT molecular complexity index is 423. The molecular formula is C15H24N2O2. The molecule has 1 aromatic rings. The molecule has 1 N–H and O–H groups in total. The van der Waals surface area contributed by atoms with Crippen molar-refractivity contribution < 1.29 is 9.47 Å². The molecule has 4 heteroatoms. The number of benzene rings is 1. The zero-order valence-electron chi connectivity index (χ0n) is 12.3. The van der Waals surface area contributed by atoms with E-state index < -0.39 is 0 Å². The third kappa shape index (κ3) is 2.95. The Morgan fingerprint density at radius 1 is 1.32 bits per heavy atom. The van der Waals surface area contributed by atoms with E-state index in [-0.39, 0.29) is 0 Å². The summed E-state index contributed by atoms with van der Waals surface area (Å²) in [6.45, 7) is 6.45. The first-order valence-electron chi connectivity index (χ1n) is 6.91. The predicted molar refractivity (Wildman–Crippen MR) is 78.4 cm³/mol. The molecule has 0 amide bonds. The maximum Gasteiger partial charge on any atom is 0.142 e. The molecule has 0 saturated carbocycles. The molecule has 0 aliphatic carbocycles. The molecule has 2 unspecified atom stereocenters. The van der Waals surface area contributed by atoms with Gasteiger partial charge in [-0.25, -0.2) is 0 Å². The molecule has 1 aliphatic rings. The molecule has 1 heterocycles. The molecular weight excluding hydrogens is 240 g/mol. The van der Waals surface area contributed by atoms with Crippen LogP contribution in [0.4, 0.5) is 5.69 Å². The van der Waals surface area contributed by atoms with Crippen LogP contribution >= 0.6 is 0 Å². The normalized spacial score (nSPS) is 23.3. The van der Waals surface area contributed by atoms with E-state index in [4.69, 9.17) is 9.47 Å². The van der Waals surface area contributed by atoms with Gasteiger partial charge in [0.1, 0.15) is 11.5 Å². The first-order valence-corrected chi connectivity index (χ1v) is 6.91. The van der Waals surface area contributed by atoms with E-state index in [2.05, 4.69) is 30.1 Å². The fraction of sp³-hybridized carbons (Fsp3) is 0.600. The maximum atomic E-state index is 5.50. The average molecular weight is 264 g/mol. The summed E-state index contributed by atoms with van der Waals surface area (Å²) in [5, 5.41) is 3.57. The topological polar surface area (TPSA) is 33.7 Å². The van der Waals surface area contributed by atoms with E-state index in [0.29, 0.717) is 12.1 Å². The lowest BCUT2D eigenvalue weighted by Gasteiger charge is -2.40. The second-order valence-electron chi connectivity index (χ2n) is 5.05. The number of nitrogens with zero attached hydrogens (tertiary/aromatic N) is 1. The highest BCUT2D eigenvalue weighted by Gasteiger charge is 2.26. The molecule has 2 rings (SSSR count). The summed E-state index contributed by atoms with van der Waals surface area (Å²) in [4.78, 5) is 2.41. The van der Waals surface area contributed by atoms with Crippen molar-refractivity contribution in [1.82, 2.24) is 5.32 Å².